The van der Waals surface area contributed by atoms with Gasteiger partial charge in [-0.2, -0.15) is 0 Å². The van der Waals surface area contributed by atoms with Crippen molar-refractivity contribution in [3.05, 3.63) is 67.7 Å². The third kappa shape index (κ3) is 6.26. The third-order valence-electron chi connectivity index (χ3n) is 2.37. The van der Waals surface area contributed by atoms with E-state index in [1.165, 1.54) is 6.42 Å². The highest BCUT2D eigenvalue weighted by atomic mass is 35.5. The highest BCUT2D eigenvalue weighted by Gasteiger charge is 2.08. The Morgan fingerprint density at radius 3 is 2.39 bits per heavy atom. The van der Waals surface area contributed by atoms with E-state index in [4.69, 9.17) is 0 Å². The van der Waals surface area contributed by atoms with E-state index in [0.717, 1.165) is 6.54 Å². The van der Waals surface area contributed by atoms with Crippen LogP contribution in [0, 0.1) is 0 Å². The largest absolute Gasteiger partial charge is 0.368 e. The van der Waals surface area contributed by atoms with Crippen LogP contribution in [0.3, 0.4) is 0 Å². The van der Waals surface area contributed by atoms with Crippen molar-refractivity contribution in [2.75, 3.05) is 6.54 Å². The topological polar surface area (TPSA) is 16.1 Å². The summed E-state index contributed by atoms with van der Waals surface area (Å²) in [5.41, 5.74) is 0. The molecule has 1 aliphatic rings. The van der Waals surface area contributed by atoms with Crippen LogP contribution in [-0.4, -0.2) is 22.5 Å². The Labute approximate surface area is 116 Å². The standard InChI is InChI=1S/C10H15N.C5H5N.ClH/c1-3-8-11-9-6-5-7-10(11)4-2;1-2-4-6-5-3-1;/h4-7,9-10H,2-3,8H2,1H3;1-5H;1H. The number of hydrogen-bond acceptors (Lipinski definition) is 2. The number of allylic oxidation sites excluding steroid dienone is 2. The van der Waals surface area contributed by atoms with Crippen LogP contribution in [0.2, 0.25) is 0 Å². The van der Waals surface area contributed by atoms with Crippen molar-refractivity contribution in [1.82, 2.24) is 9.88 Å². The molecular formula is C15H21ClN2. The zero-order valence-corrected chi connectivity index (χ0v) is 11.6. The van der Waals surface area contributed by atoms with E-state index in [1.807, 2.05) is 24.3 Å². The van der Waals surface area contributed by atoms with Crippen LogP contribution in [0.5, 0.6) is 0 Å². The predicted molar refractivity (Wildman–Crippen MR) is 80.7 cm³/mol. The summed E-state index contributed by atoms with van der Waals surface area (Å²) in [7, 11) is 0. The van der Waals surface area contributed by atoms with Gasteiger partial charge in [-0.25, -0.2) is 0 Å². The molecule has 0 radical (unpaired) electrons. The zero-order chi connectivity index (χ0) is 12.3. The van der Waals surface area contributed by atoms with Gasteiger partial charge in [-0.05, 0) is 30.8 Å². The molecule has 0 amide bonds. The first-order chi connectivity index (χ1) is 8.38. The van der Waals surface area contributed by atoms with Crippen LogP contribution >= 0.6 is 12.4 Å². The molecule has 0 bridgehead atoms. The van der Waals surface area contributed by atoms with Crippen molar-refractivity contribution in [2.24, 2.45) is 0 Å². The minimum absolute atomic E-state index is 0. The van der Waals surface area contributed by atoms with Crippen LogP contribution in [0.15, 0.2) is 67.7 Å². The maximum absolute atomic E-state index is 3.79. The number of rotatable bonds is 3. The minimum Gasteiger partial charge on any atom is -0.368 e. The van der Waals surface area contributed by atoms with Crippen LogP contribution in [0.4, 0.5) is 0 Å². The third-order valence-corrected chi connectivity index (χ3v) is 2.37. The molecule has 0 N–H and O–H groups in total. The normalized spacial score (nSPS) is 16.3. The Kier molecular flexibility index (Phi) is 9.70. The molecule has 0 aliphatic carbocycles. The van der Waals surface area contributed by atoms with Crippen LogP contribution < -0.4 is 0 Å². The zero-order valence-electron chi connectivity index (χ0n) is 10.8. The van der Waals surface area contributed by atoms with Crippen molar-refractivity contribution in [1.29, 1.82) is 0 Å². The van der Waals surface area contributed by atoms with Gasteiger partial charge in [0.2, 0.25) is 0 Å². The lowest BCUT2D eigenvalue weighted by atomic mass is 10.2. The lowest BCUT2D eigenvalue weighted by molar-refractivity contribution is 0.357. The SMILES string of the molecule is C=CC1C=CC=CN1CCC.Cl.c1ccncc1. The van der Waals surface area contributed by atoms with Gasteiger partial charge in [0.25, 0.3) is 0 Å². The second-order valence-corrected chi connectivity index (χ2v) is 3.72. The Morgan fingerprint density at radius 2 is 1.94 bits per heavy atom. The first kappa shape index (κ1) is 16.5. The molecule has 3 heteroatoms. The number of aromatic nitrogens is 1. The molecule has 2 heterocycles. The summed E-state index contributed by atoms with van der Waals surface area (Å²) < 4.78 is 0. The quantitative estimate of drug-likeness (QED) is 0.771. The molecule has 18 heavy (non-hydrogen) atoms. The molecule has 0 aromatic carbocycles. The van der Waals surface area contributed by atoms with E-state index in [-0.39, 0.29) is 12.4 Å². The summed E-state index contributed by atoms with van der Waals surface area (Å²) in [6.45, 7) is 7.09. The second kappa shape index (κ2) is 10.6. The highest BCUT2D eigenvalue weighted by Crippen LogP contribution is 2.09. The molecule has 1 aromatic rings. The number of nitrogens with zero attached hydrogens (tertiary/aromatic N) is 2. The molecule has 2 rings (SSSR count). The number of hydrogen-bond donors (Lipinski definition) is 0. The van der Waals surface area contributed by atoms with Gasteiger partial charge in [0.1, 0.15) is 0 Å². The molecule has 0 saturated carbocycles. The first-order valence-electron chi connectivity index (χ1n) is 5.96. The van der Waals surface area contributed by atoms with Crippen molar-refractivity contribution >= 4 is 12.4 Å². The summed E-state index contributed by atoms with van der Waals surface area (Å²) in [4.78, 5) is 6.07. The minimum atomic E-state index is 0. The molecule has 98 valence electrons. The molecule has 0 spiro atoms. The van der Waals surface area contributed by atoms with E-state index >= 15 is 0 Å². The van der Waals surface area contributed by atoms with Gasteiger partial charge in [-0.15, -0.1) is 19.0 Å². The van der Waals surface area contributed by atoms with Gasteiger partial charge in [-0.3, -0.25) is 4.98 Å². The van der Waals surface area contributed by atoms with Gasteiger partial charge in [0.05, 0.1) is 6.04 Å². The van der Waals surface area contributed by atoms with Gasteiger partial charge in [0.15, 0.2) is 0 Å². The fourth-order valence-electron chi connectivity index (χ4n) is 1.56. The Hall–Kier alpha value is -1.54. The Bertz CT molecular complexity index is 333. The first-order valence-corrected chi connectivity index (χ1v) is 5.96. The van der Waals surface area contributed by atoms with E-state index in [1.54, 1.807) is 12.4 Å². The van der Waals surface area contributed by atoms with Gasteiger partial charge in [0, 0.05) is 18.9 Å². The predicted octanol–water partition coefficient (Wildman–Crippen LogP) is 3.84. The van der Waals surface area contributed by atoms with Gasteiger partial charge < -0.3 is 4.90 Å². The van der Waals surface area contributed by atoms with E-state index in [9.17, 15) is 0 Å². The number of halogens is 1. The average Bonchev–Trinajstić information content (AvgIpc) is 2.42. The maximum atomic E-state index is 3.79. The number of pyridine rings is 1. The van der Waals surface area contributed by atoms with E-state index in [2.05, 4.69) is 47.8 Å². The van der Waals surface area contributed by atoms with Crippen LogP contribution in [0.1, 0.15) is 13.3 Å². The molecule has 1 aliphatic heterocycles. The van der Waals surface area contributed by atoms with Crippen LogP contribution in [0.25, 0.3) is 0 Å². The summed E-state index contributed by atoms with van der Waals surface area (Å²) in [6, 6.07) is 6.12. The average molecular weight is 265 g/mol. The van der Waals surface area contributed by atoms with Crippen molar-refractivity contribution in [3.63, 3.8) is 0 Å². The van der Waals surface area contributed by atoms with E-state index < -0.39 is 0 Å². The van der Waals surface area contributed by atoms with Crippen molar-refractivity contribution in [3.8, 4) is 0 Å². The van der Waals surface area contributed by atoms with Crippen molar-refractivity contribution < 1.29 is 0 Å². The van der Waals surface area contributed by atoms with Crippen molar-refractivity contribution in [2.45, 2.75) is 19.4 Å². The Balaban J connectivity index is 0.000000352. The summed E-state index contributed by atoms with van der Waals surface area (Å²) in [5, 5.41) is 0. The lowest BCUT2D eigenvalue weighted by Gasteiger charge is -2.27. The van der Waals surface area contributed by atoms with Gasteiger partial charge in [-0.1, -0.05) is 31.2 Å². The molecular weight excluding hydrogens is 244 g/mol. The smallest absolute Gasteiger partial charge is 0.0652 e. The summed E-state index contributed by atoms with van der Waals surface area (Å²) in [5.74, 6) is 0. The molecule has 0 saturated heterocycles. The molecule has 1 atom stereocenters. The van der Waals surface area contributed by atoms with Gasteiger partial charge >= 0.3 is 0 Å². The lowest BCUT2D eigenvalue weighted by Crippen LogP contribution is -2.29. The molecule has 0 fully saturated rings. The maximum Gasteiger partial charge on any atom is 0.0652 e. The van der Waals surface area contributed by atoms with Crippen LogP contribution in [-0.2, 0) is 0 Å². The fraction of sp³-hybridized carbons (Fsp3) is 0.267. The monoisotopic (exact) mass is 264 g/mol. The summed E-state index contributed by atoms with van der Waals surface area (Å²) in [6.07, 6.45) is 15.1. The fourth-order valence-corrected chi connectivity index (χ4v) is 1.56. The highest BCUT2D eigenvalue weighted by molar-refractivity contribution is 5.85. The Morgan fingerprint density at radius 1 is 1.22 bits per heavy atom. The molecule has 2 nitrogen and oxygen atoms in total. The second-order valence-electron chi connectivity index (χ2n) is 3.72. The van der Waals surface area contributed by atoms with E-state index in [0.29, 0.717) is 6.04 Å². The molecule has 1 aromatic heterocycles. The summed E-state index contributed by atoms with van der Waals surface area (Å²) >= 11 is 0. The molecule has 1 unspecified atom stereocenters.